The summed E-state index contributed by atoms with van der Waals surface area (Å²) in [6.07, 6.45) is 6.78. The Morgan fingerprint density at radius 1 is 0.264 bits per heavy atom. The first-order chi connectivity index (χ1) is 42.9. The summed E-state index contributed by atoms with van der Waals surface area (Å²) in [7, 11) is 0. The predicted molar refractivity (Wildman–Crippen MR) is 363 cm³/mol. The molecule has 87 heavy (non-hydrogen) atoms. The Labute approximate surface area is 513 Å². The van der Waals surface area contributed by atoms with E-state index in [1.807, 2.05) is 0 Å². The van der Waals surface area contributed by atoms with E-state index in [2.05, 4.69) is 317 Å². The van der Waals surface area contributed by atoms with E-state index in [9.17, 15) is 0 Å². The highest BCUT2D eigenvalue weighted by Gasteiger charge is 2.57. The van der Waals surface area contributed by atoms with E-state index in [1.54, 1.807) is 0 Å². The number of hydrogen-bond donors (Lipinski definition) is 0. The van der Waals surface area contributed by atoms with Crippen LogP contribution in [0.25, 0.3) is 22.3 Å². The second-order valence-corrected chi connectivity index (χ2v) is 24.9. The van der Waals surface area contributed by atoms with Gasteiger partial charge < -0.3 is 9.80 Å². The average Bonchev–Trinajstić information content (AvgIpc) is 1.57. The minimum atomic E-state index is -0.726. The van der Waals surface area contributed by atoms with E-state index in [0.29, 0.717) is 0 Å². The Kier molecular flexibility index (Phi) is 12.6. The molecule has 1 spiro atoms. The second-order valence-electron chi connectivity index (χ2n) is 24.9. The van der Waals surface area contributed by atoms with Crippen LogP contribution >= 0.6 is 0 Å². The molecule has 0 saturated heterocycles. The molecule has 0 bridgehead atoms. The lowest BCUT2D eigenvalue weighted by molar-refractivity contribution is 0.725. The van der Waals surface area contributed by atoms with Crippen LogP contribution in [0, 0.1) is 13.8 Å². The standard InChI is InChI=1S/C85H70N2/c1-5-7-25-59-41-45-65(46-42-59)86-79-49-39-57(3)51-75(79)83(61-27-13-9-14-28-61,62-29-15-10-16-30-62)77-53-69-70-54-78-82(56-74(70)85(73(69)55-81(77)86)71-37-23-21-35-67(71)68-36-22-24-38-72(68)85)87(66-47-43-60(44-48-66)26-8-6-2)80-50-40-58(4)52-76(80)84(78,63-31-17-11-18-32-63)64-33-19-12-20-34-64/h9-24,27-56H,5-8,25-26H2,1-4H3. The Bertz CT molecular complexity index is 4220. The number of hydrogen-bond acceptors (Lipinski definition) is 2. The van der Waals surface area contributed by atoms with E-state index in [0.717, 1.165) is 37.1 Å². The average molecular weight is 1120 g/mol. The third-order valence-corrected chi connectivity index (χ3v) is 20.1. The third-order valence-electron chi connectivity index (χ3n) is 20.1. The summed E-state index contributed by atoms with van der Waals surface area (Å²) in [4.78, 5) is 5.24. The molecule has 0 N–H and O–H groups in total. The number of unbranched alkanes of at least 4 members (excludes halogenated alkanes) is 2. The number of nitrogens with zero attached hydrogens (tertiary/aromatic N) is 2. The molecule has 0 amide bonds. The van der Waals surface area contributed by atoms with Crippen molar-refractivity contribution in [2.45, 2.75) is 82.5 Å². The Morgan fingerprint density at radius 3 is 0.954 bits per heavy atom. The summed E-state index contributed by atoms with van der Waals surface area (Å²) in [5.41, 5.74) is 30.5. The third kappa shape index (κ3) is 7.66. The van der Waals surface area contributed by atoms with E-state index >= 15 is 0 Å². The van der Waals surface area contributed by atoms with Gasteiger partial charge in [0, 0.05) is 11.4 Å². The summed E-state index contributed by atoms with van der Waals surface area (Å²) < 4.78 is 0. The molecule has 420 valence electrons. The van der Waals surface area contributed by atoms with Gasteiger partial charge in [-0.25, -0.2) is 0 Å². The van der Waals surface area contributed by atoms with Gasteiger partial charge >= 0.3 is 0 Å². The quantitative estimate of drug-likeness (QED) is 0.120. The fourth-order valence-electron chi connectivity index (χ4n) is 16.3. The van der Waals surface area contributed by atoms with Crippen LogP contribution in [0.3, 0.4) is 0 Å². The number of aryl methyl sites for hydroxylation is 4. The highest BCUT2D eigenvalue weighted by Crippen LogP contribution is 2.69. The van der Waals surface area contributed by atoms with Gasteiger partial charge in [-0.05, 0) is 200 Å². The second kappa shape index (κ2) is 20.7. The van der Waals surface area contributed by atoms with Crippen molar-refractivity contribution >= 4 is 34.1 Å². The lowest BCUT2D eigenvalue weighted by Crippen LogP contribution is -2.38. The van der Waals surface area contributed by atoms with Crippen LogP contribution in [-0.4, -0.2) is 0 Å². The maximum absolute atomic E-state index is 2.68. The highest BCUT2D eigenvalue weighted by atomic mass is 15.2. The number of anilines is 6. The lowest BCUT2D eigenvalue weighted by atomic mass is 9.61. The van der Waals surface area contributed by atoms with Crippen LogP contribution in [-0.2, 0) is 29.1 Å². The fraction of sp³-hybridized carbons (Fsp3) is 0.153. The first-order valence-corrected chi connectivity index (χ1v) is 31.7. The van der Waals surface area contributed by atoms with Gasteiger partial charge in [-0.2, -0.15) is 0 Å². The van der Waals surface area contributed by atoms with Crippen molar-refractivity contribution in [1.82, 2.24) is 0 Å². The van der Waals surface area contributed by atoms with Crippen LogP contribution < -0.4 is 9.80 Å². The molecular formula is C85H70N2. The van der Waals surface area contributed by atoms with Crippen molar-refractivity contribution in [3.8, 4) is 22.3 Å². The molecule has 0 saturated carbocycles. The van der Waals surface area contributed by atoms with Crippen molar-refractivity contribution in [3.63, 3.8) is 0 Å². The minimum Gasteiger partial charge on any atom is -0.310 e. The minimum absolute atomic E-state index is 0.710. The molecule has 0 radical (unpaired) electrons. The Morgan fingerprint density at radius 2 is 0.598 bits per heavy atom. The molecular weight excluding hydrogens is 1050 g/mol. The van der Waals surface area contributed by atoms with Crippen LogP contribution in [0.15, 0.2) is 279 Å². The Hall–Kier alpha value is -9.76. The zero-order valence-corrected chi connectivity index (χ0v) is 50.2. The van der Waals surface area contributed by atoms with E-state index < -0.39 is 16.2 Å². The summed E-state index contributed by atoms with van der Waals surface area (Å²) in [5.74, 6) is 0. The summed E-state index contributed by atoms with van der Waals surface area (Å²) in [5, 5.41) is 0. The van der Waals surface area contributed by atoms with Crippen molar-refractivity contribution in [2.24, 2.45) is 0 Å². The molecule has 2 heterocycles. The van der Waals surface area contributed by atoms with Crippen molar-refractivity contribution in [2.75, 3.05) is 9.80 Å². The van der Waals surface area contributed by atoms with Crippen LogP contribution in [0.4, 0.5) is 34.1 Å². The molecule has 2 aliphatic heterocycles. The van der Waals surface area contributed by atoms with E-state index in [-0.39, 0.29) is 0 Å². The molecule has 12 aromatic carbocycles. The smallest absolute Gasteiger partial charge is 0.0742 e. The van der Waals surface area contributed by atoms with Crippen LogP contribution in [0.2, 0.25) is 0 Å². The molecule has 0 fully saturated rings. The maximum Gasteiger partial charge on any atom is 0.0742 e. The SMILES string of the molecule is CCCCc1ccc(N2c3ccc(C)cc3C(c3ccccc3)(c3ccccc3)c3cc4c(cc32)C2(c3ccccc3-c3ccccc32)c2cc3c(cc2-4)C(c2ccccc2)(c2ccccc2)c2cc(C)ccc2N3c2ccc(CCCC)cc2)cc1. The summed E-state index contributed by atoms with van der Waals surface area (Å²) in [6, 6.07) is 108. The van der Waals surface area contributed by atoms with Gasteiger partial charge in [0.05, 0.1) is 39.0 Å². The van der Waals surface area contributed by atoms with E-state index in [1.165, 1.54) is 147 Å². The van der Waals surface area contributed by atoms with Gasteiger partial charge in [0.15, 0.2) is 0 Å². The topological polar surface area (TPSA) is 6.48 Å². The van der Waals surface area contributed by atoms with Crippen molar-refractivity contribution < 1.29 is 0 Å². The molecule has 2 nitrogen and oxygen atoms in total. The molecule has 2 aliphatic carbocycles. The number of fused-ring (bicyclic) bond motifs is 14. The number of benzene rings is 12. The zero-order chi connectivity index (χ0) is 58.4. The molecule has 12 aromatic rings. The molecule has 4 aliphatic rings. The normalized spacial score (nSPS) is 14.7. The van der Waals surface area contributed by atoms with Gasteiger partial charge in [0.2, 0.25) is 0 Å². The number of rotatable bonds is 12. The highest BCUT2D eigenvalue weighted by molar-refractivity contribution is 6.02. The van der Waals surface area contributed by atoms with Crippen molar-refractivity contribution in [1.29, 1.82) is 0 Å². The van der Waals surface area contributed by atoms with Gasteiger partial charge in [0.25, 0.3) is 0 Å². The first kappa shape index (κ1) is 52.8. The van der Waals surface area contributed by atoms with Gasteiger partial charge in [-0.3, -0.25) is 0 Å². The molecule has 0 unspecified atom stereocenters. The molecule has 16 rings (SSSR count). The molecule has 0 atom stereocenters. The fourth-order valence-corrected chi connectivity index (χ4v) is 16.3. The van der Waals surface area contributed by atoms with Gasteiger partial charge in [0.1, 0.15) is 0 Å². The summed E-state index contributed by atoms with van der Waals surface area (Å²) in [6.45, 7) is 9.10. The molecule has 0 aromatic heterocycles. The first-order valence-electron chi connectivity index (χ1n) is 31.7. The van der Waals surface area contributed by atoms with Gasteiger partial charge in [-0.1, -0.05) is 256 Å². The maximum atomic E-state index is 2.68. The predicted octanol–water partition coefficient (Wildman–Crippen LogP) is 21.7. The van der Waals surface area contributed by atoms with Crippen LogP contribution in [0.1, 0.15) is 129 Å². The largest absolute Gasteiger partial charge is 0.310 e. The summed E-state index contributed by atoms with van der Waals surface area (Å²) >= 11 is 0. The van der Waals surface area contributed by atoms with Crippen LogP contribution in [0.5, 0.6) is 0 Å². The lowest BCUT2D eigenvalue weighted by Gasteiger charge is -2.47. The molecule has 2 heteroatoms. The Balaban J connectivity index is 1.09. The zero-order valence-electron chi connectivity index (χ0n) is 50.2. The van der Waals surface area contributed by atoms with Crippen molar-refractivity contribution in [3.05, 3.63) is 368 Å². The van der Waals surface area contributed by atoms with E-state index in [4.69, 9.17) is 0 Å². The van der Waals surface area contributed by atoms with Gasteiger partial charge in [-0.15, -0.1) is 0 Å². The monoisotopic (exact) mass is 1120 g/mol.